The van der Waals surface area contributed by atoms with Crippen molar-refractivity contribution in [1.29, 1.82) is 0 Å². The van der Waals surface area contributed by atoms with Crippen LogP contribution in [-0.4, -0.2) is 30.8 Å². The first-order chi connectivity index (χ1) is 14.1. The van der Waals surface area contributed by atoms with Crippen molar-refractivity contribution in [1.82, 2.24) is 19.7 Å². The lowest BCUT2D eigenvalue weighted by atomic mass is 10.1. The van der Waals surface area contributed by atoms with Crippen molar-refractivity contribution in [2.45, 2.75) is 30.8 Å². The van der Waals surface area contributed by atoms with Crippen molar-refractivity contribution >= 4 is 28.4 Å². The maximum absolute atomic E-state index is 13.3. The molecule has 0 bridgehead atoms. The third-order valence-electron chi connectivity index (χ3n) is 4.85. The van der Waals surface area contributed by atoms with Gasteiger partial charge in [0.05, 0.1) is 5.25 Å². The Kier molecular flexibility index (Phi) is 5.36. The molecule has 0 fully saturated rings. The van der Waals surface area contributed by atoms with Crippen molar-refractivity contribution in [2.75, 3.05) is 0 Å². The van der Waals surface area contributed by atoms with Gasteiger partial charge in [-0.05, 0) is 19.9 Å². The number of fused-ring (bicyclic) bond motifs is 1. The zero-order valence-electron chi connectivity index (χ0n) is 16.4. The van der Waals surface area contributed by atoms with Crippen LogP contribution in [0.4, 0.5) is 0 Å². The van der Waals surface area contributed by atoms with Gasteiger partial charge in [0.1, 0.15) is 0 Å². The summed E-state index contributed by atoms with van der Waals surface area (Å²) in [5.41, 5.74) is 3.60. The normalized spacial score (nSPS) is 12.2. The van der Waals surface area contributed by atoms with Crippen molar-refractivity contribution in [2.24, 2.45) is 0 Å². The van der Waals surface area contributed by atoms with E-state index in [4.69, 9.17) is 0 Å². The predicted molar refractivity (Wildman–Crippen MR) is 118 cm³/mol. The van der Waals surface area contributed by atoms with Gasteiger partial charge in [-0.3, -0.25) is 9.36 Å². The first-order valence-corrected chi connectivity index (χ1v) is 10.4. The molecule has 0 amide bonds. The molecule has 1 N–H and O–H groups in total. The van der Waals surface area contributed by atoms with E-state index in [1.165, 1.54) is 11.8 Å². The maximum atomic E-state index is 13.3. The first kappa shape index (κ1) is 19.2. The van der Waals surface area contributed by atoms with Crippen molar-refractivity contribution in [3.63, 3.8) is 0 Å². The van der Waals surface area contributed by atoms with Crippen LogP contribution in [-0.2, 0) is 6.54 Å². The molecule has 1 atom stereocenters. The highest BCUT2D eigenvalue weighted by molar-refractivity contribution is 8.00. The number of benzene rings is 2. The minimum absolute atomic E-state index is 0.0827. The van der Waals surface area contributed by atoms with Crippen LogP contribution >= 0.6 is 11.8 Å². The van der Waals surface area contributed by atoms with Gasteiger partial charge in [-0.15, -0.1) is 16.8 Å². The molecule has 5 nitrogen and oxygen atoms in total. The van der Waals surface area contributed by atoms with Gasteiger partial charge in [0, 0.05) is 34.3 Å². The Bertz CT molecular complexity index is 1180. The van der Waals surface area contributed by atoms with Gasteiger partial charge in [-0.2, -0.15) is 0 Å². The maximum Gasteiger partial charge on any atom is 0.192 e. The number of carbonyl (C=O) groups excluding carboxylic acids is 1. The summed E-state index contributed by atoms with van der Waals surface area (Å²) in [4.78, 5) is 16.6. The molecule has 0 spiro atoms. The van der Waals surface area contributed by atoms with E-state index in [-0.39, 0.29) is 11.0 Å². The average Bonchev–Trinajstić information content (AvgIpc) is 3.28. The number of allylic oxidation sites excluding steroid dienone is 1. The van der Waals surface area contributed by atoms with E-state index in [9.17, 15) is 4.79 Å². The summed E-state index contributed by atoms with van der Waals surface area (Å²) in [7, 11) is 0. The topological polar surface area (TPSA) is 63.6 Å². The summed E-state index contributed by atoms with van der Waals surface area (Å²) in [5, 5.41) is 10.1. The Hall–Kier alpha value is -3.12. The molecule has 0 aliphatic heterocycles. The molecule has 4 aromatic rings. The van der Waals surface area contributed by atoms with Gasteiger partial charge < -0.3 is 4.98 Å². The molecule has 4 rings (SSSR count). The summed E-state index contributed by atoms with van der Waals surface area (Å²) in [6.07, 6.45) is 1.82. The molecular formula is C23H22N4OS. The van der Waals surface area contributed by atoms with Crippen molar-refractivity contribution in [3.05, 3.63) is 78.5 Å². The lowest BCUT2D eigenvalue weighted by molar-refractivity contribution is 0.0995. The molecule has 6 heteroatoms. The zero-order valence-corrected chi connectivity index (χ0v) is 17.2. The number of thioether (sulfide) groups is 1. The van der Waals surface area contributed by atoms with Crippen LogP contribution in [0.1, 0.15) is 23.0 Å². The number of ketones is 1. The number of carbonyl (C=O) groups is 1. The predicted octanol–water partition coefficient (Wildman–Crippen LogP) is 5.28. The van der Waals surface area contributed by atoms with E-state index < -0.39 is 0 Å². The second-order valence-electron chi connectivity index (χ2n) is 6.87. The highest BCUT2D eigenvalue weighted by Gasteiger charge is 2.25. The molecule has 0 aliphatic rings. The van der Waals surface area contributed by atoms with E-state index in [0.29, 0.717) is 11.7 Å². The number of Topliss-reactive ketones (excluding diaryl/α,β-unsaturated/α-hetero) is 1. The first-order valence-electron chi connectivity index (χ1n) is 9.48. The highest BCUT2D eigenvalue weighted by Crippen LogP contribution is 2.31. The monoisotopic (exact) mass is 402 g/mol. The quantitative estimate of drug-likeness (QED) is 0.259. The van der Waals surface area contributed by atoms with Crippen LogP contribution < -0.4 is 0 Å². The van der Waals surface area contributed by atoms with Gasteiger partial charge in [0.15, 0.2) is 16.8 Å². The third kappa shape index (κ3) is 3.63. The number of para-hydroxylation sites is 1. The zero-order chi connectivity index (χ0) is 20.4. The number of rotatable bonds is 7. The van der Waals surface area contributed by atoms with Crippen molar-refractivity contribution < 1.29 is 4.79 Å². The summed E-state index contributed by atoms with van der Waals surface area (Å²) >= 11 is 1.43. The number of hydrogen-bond acceptors (Lipinski definition) is 4. The Morgan fingerprint density at radius 2 is 1.90 bits per heavy atom. The lowest BCUT2D eigenvalue weighted by Crippen LogP contribution is -2.15. The summed E-state index contributed by atoms with van der Waals surface area (Å²) in [6, 6.07) is 17.8. The van der Waals surface area contributed by atoms with E-state index >= 15 is 0 Å². The summed E-state index contributed by atoms with van der Waals surface area (Å²) in [6.45, 7) is 8.29. The lowest BCUT2D eigenvalue weighted by Gasteiger charge is -2.12. The van der Waals surface area contributed by atoms with Gasteiger partial charge in [0.2, 0.25) is 0 Å². The number of H-pyrrole nitrogens is 1. The van der Waals surface area contributed by atoms with Crippen LogP contribution in [0, 0.1) is 6.92 Å². The molecule has 0 radical (unpaired) electrons. The number of aromatic amines is 1. The molecule has 0 aliphatic carbocycles. The number of aryl methyl sites for hydroxylation is 1. The fraction of sp³-hybridized carbons (Fsp3) is 0.174. The van der Waals surface area contributed by atoms with Crippen LogP contribution in [0.25, 0.3) is 22.3 Å². The number of aromatic nitrogens is 4. The average molecular weight is 403 g/mol. The van der Waals surface area contributed by atoms with Crippen LogP contribution in [0.15, 0.2) is 72.4 Å². The van der Waals surface area contributed by atoms with Gasteiger partial charge in [-0.25, -0.2) is 0 Å². The number of nitrogens with one attached hydrogen (secondary N) is 1. The van der Waals surface area contributed by atoms with E-state index in [1.807, 2.05) is 79.1 Å². The molecule has 0 saturated carbocycles. The summed E-state index contributed by atoms with van der Waals surface area (Å²) < 4.78 is 2.00. The van der Waals surface area contributed by atoms with Crippen LogP contribution in [0.3, 0.4) is 0 Å². The standard InChI is InChI=1S/C23H22N4OS/c1-4-14-27-22(17-10-6-5-7-11-17)25-26-23(27)29-16(3)21(28)20-15(2)24-19-13-9-8-12-18(19)20/h4-13,16,24H,1,14H2,2-3H3/t16-/m0/s1. The molecule has 0 saturated heterocycles. The van der Waals surface area contributed by atoms with E-state index in [2.05, 4.69) is 21.8 Å². The van der Waals surface area contributed by atoms with Gasteiger partial charge in [-0.1, -0.05) is 66.4 Å². The minimum atomic E-state index is -0.302. The van der Waals surface area contributed by atoms with E-state index in [1.54, 1.807) is 0 Å². The molecule has 2 aromatic carbocycles. The highest BCUT2D eigenvalue weighted by atomic mass is 32.2. The second-order valence-corrected chi connectivity index (χ2v) is 8.17. The Morgan fingerprint density at radius 1 is 1.17 bits per heavy atom. The summed E-state index contributed by atoms with van der Waals surface area (Å²) in [5.74, 6) is 0.857. The Balaban J connectivity index is 1.65. The Morgan fingerprint density at radius 3 is 2.66 bits per heavy atom. The second kappa shape index (κ2) is 8.09. The van der Waals surface area contributed by atoms with Crippen LogP contribution in [0.5, 0.6) is 0 Å². The molecule has 0 unspecified atom stereocenters. The minimum Gasteiger partial charge on any atom is -0.358 e. The fourth-order valence-corrected chi connectivity index (χ4v) is 4.40. The molecule has 2 aromatic heterocycles. The van der Waals surface area contributed by atoms with Gasteiger partial charge >= 0.3 is 0 Å². The molecule has 2 heterocycles. The molecular weight excluding hydrogens is 380 g/mol. The number of nitrogens with zero attached hydrogens (tertiary/aromatic N) is 3. The number of hydrogen-bond donors (Lipinski definition) is 1. The SMILES string of the molecule is C=CCn1c(S[C@@H](C)C(=O)c2c(C)[nH]c3ccccc23)nnc1-c1ccccc1. The van der Waals surface area contributed by atoms with E-state index in [0.717, 1.165) is 33.5 Å². The fourth-order valence-electron chi connectivity index (χ4n) is 3.48. The Labute approximate surface area is 173 Å². The molecule has 146 valence electrons. The van der Waals surface area contributed by atoms with Gasteiger partial charge in [0.25, 0.3) is 0 Å². The van der Waals surface area contributed by atoms with Crippen molar-refractivity contribution in [3.8, 4) is 11.4 Å². The third-order valence-corrected chi connectivity index (χ3v) is 5.93. The van der Waals surface area contributed by atoms with Crippen LogP contribution in [0.2, 0.25) is 0 Å². The largest absolute Gasteiger partial charge is 0.358 e. The molecule has 29 heavy (non-hydrogen) atoms. The smallest absolute Gasteiger partial charge is 0.192 e.